The number of aliphatic hydroxyl groups is 1. The second kappa shape index (κ2) is 4.10. The van der Waals surface area contributed by atoms with Crippen LogP contribution < -0.4 is 0 Å². The Morgan fingerprint density at radius 2 is 1.82 bits per heavy atom. The molecule has 0 saturated heterocycles. The molecule has 0 rings (SSSR count). The van der Waals surface area contributed by atoms with E-state index in [2.05, 4.69) is 11.3 Å². The van der Waals surface area contributed by atoms with Gasteiger partial charge in [0.15, 0.2) is 0 Å². The Hall–Kier alpha value is -1.78. The van der Waals surface area contributed by atoms with E-state index in [0.717, 1.165) is 0 Å². The monoisotopic (exact) mass is 158 g/mol. The number of carboxylic acids is 1. The molecule has 5 nitrogen and oxygen atoms in total. The van der Waals surface area contributed by atoms with Gasteiger partial charge in [0.2, 0.25) is 0 Å². The van der Waals surface area contributed by atoms with Gasteiger partial charge in [-0.15, -0.1) is 0 Å². The van der Waals surface area contributed by atoms with E-state index in [-0.39, 0.29) is 0 Å². The van der Waals surface area contributed by atoms with Crippen molar-refractivity contribution in [2.45, 2.75) is 0 Å². The number of aliphatic hydroxyl groups excluding tert-OH is 1. The smallest absolute Gasteiger partial charge is 0.338 e. The summed E-state index contributed by atoms with van der Waals surface area (Å²) in [6, 6.07) is 0. The topological polar surface area (TPSA) is 83.8 Å². The molecule has 0 saturated carbocycles. The molecule has 0 aromatic heterocycles. The van der Waals surface area contributed by atoms with Crippen LogP contribution in [0.15, 0.2) is 24.7 Å². The molecule has 0 heterocycles. The molecule has 0 unspecified atom stereocenters. The summed E-state index contributed by atoms with van der Waals surface area (Å²) >= 11 is 0. The molecule has 0 aliphatic heterocycles. The first-order valence-electron chi connectivity index (χ1n) is 2.53. The highest BCUT2D eigenvalue weighted by atomic mass is 16.6. The van der Waals surface area contributed by atoms with Crippen molar-refractivity contribution in [2.24, 2.45) is 0 Å². The van der Waals surface area contributed by atoms with E-state index in [4.69, 9.17) is 10.2 Å². The molecule has 2 N–H and O–H groups in total. The maximum atomic E-state index is 10.4. The zero-order valence-corrected chi connectivity index (χ0v) is 5.48. The summed E-state index contributed by atoms with van der Waals surface area (Å²) in [4.78, 5) is 20.2. The minimum Gasteiger partial charge on any atom is -0.481 e. The summed E-state index contributed by atoms with van der Waals surface area (Å²) in [5.41, 5.74) is 0. The van der Waals surface area contributed by atoms with Crippen LogP contribution in [0.3, 0.4) is 0 Å². The van der Waals surface area contributed by atoms with E-state index in [1.807, 2.05) is 0 Å². The third-order valence-corrected chi connectivity index (χ3v) is 0.580. The molecule has 0 bridgehead atoms. The lowest BCUT2D eigenvalue weighted by Crippen LogP contribution is -2.00. The van der Waals surface area contributed by atoms with E-state index < -0.39 is 17.9 Å². The van der Waals surface area contributed by atoms with E-state index in [1.54, 1.807) is 0 Å². The number of carboxylic acid groups (broad SMARTS) is 1. The van der Waals surface area contributed by atoms with Gasteiger partial charge in [0.1, 0.15) is 0 Å². The van der Waals surface area contributed by atoms with Crippen LogP contribution in [0, 0.1) is 0 Å². The van der Waals surface area contributed by atoms with Crippen LogP contribution in [0.5, 0.6) is 0 Å². The molecular weight excluding hydrogens is 152 g/mol. The van der Waals surface area contributed by atoms with Crippen molar-refractivity contribution >= 4 is 11.9 Å². The van der Waals surface area contributed by atoms with Crippen molar-refractivity contribution in [3.63, 3.8) is 0 Å². The average molecular weight is 158 g/mol. The molecule has 0 fully saturated rings. The first kappa shape index (κ1) is 9.22. The highest BCUT2D eigenvalue weighted by Crippen LogP contribution is 1.88. The Balaban J connectivity index is 3.88. The zero-order valence-electron chi connectivity index (χ0n) is 5.48. The molecule has 0 aromatic rings. The summed E-state index contributed by atoms with van der Waals surface area (Å²) in [7, 11) is 0. The molecule has 0 spiro atoms. The van der Waals surface area contributed by atoms with Crippen molar-refractivity contribution in [1.29, 1.82) is 0 Å². The van der Waals surface area contributed by atoms with E-state index in [0.29, 0.717) is 12.2 Å². The lowest BCUT2D eigenvalue weighted by atomic mass is 10.5. The number of rotatable bonds is 3. The highest BCUT2D eigenvalue weighted by Gasteiger charge is 1.98. The fourth-order valence-corrected chi connectivity index (χ4v) is 0.289. The van der Waals surface area contributed by atoms with Crippen LogP contribution in [0.4, 0.5) is 0 Å². The fraction of sp³-hybridized carbons (Fsp3) is 0. The lowest BCUT2D eigenvalue weighted by molar-refractivity contribution is -0.138. The van der Waals surface area contributed by atoms with E-state index in [1.165, 1.54) is 0 Å². The van der Waals surface area contributed by atoms with Crippen LogP contribution in [-0.4, -0.2) is 22.2 Å². The van der Waals surface area contributed by atoms with Gasteiger partial charge in [-0.3, -0.25) is 0 Å². The first-order chi connectivity index (χ1) is 5.02. The number of hydrogen-bond acceptors (Lipinski definition) is 4. The van der Waals surface area contributed by atoms with Gasteiger partial charge < -0.3 is 14.9 Å². The molecule has 11 heavy (non-hydrogen) atoms. The molecule has 0 radical (unpaired) electrons. The van der Waals surface area contributed by atoms with Crippen molar-refractivity contribution in [3.05, 3.63) is 24.7 Å². The second-order valence-corrected chi connectivity index (χ2v) is 1.49. The van der Waals surface area contributed by atoms with Crippen molar-refractivity contribution < 1.29 is 24.5 Å². The van der Waals surface area contributed by atoms with Gasteiger partial charge in [-0.05, 0) is 6.58 Å². The number of esters is 1. The minimum atomic E-state index is -1.27. The number of carbonyl (C=O) groups excluding carboxylic acids is 1. The SMILES string of the molecule is C=C(O)OC(=O)/C=C\C(=O)O. The highest BCUT2D eigenvalue weighted by molar-refractivity contribution is 5.91. The van der Waals surface area contributed by atoms with Gasteiger partial charge in [0.05, 0.1) is 0 Å². The Kier molecular flexibility index (Phi) is 3.44. The molecule has 0 aliphatic carbocycles. The van der Waals surface area contributed by atoms with Crippen LogP contribution in [0.25, 0.3) is 0 Å². The maximum absolute atomic E-state index is 10.4. The summed E-state index contributed by atoms with van der Waals surface area (Å²) in [6.45, 7) is 2.85. The Labute approximate surface area is 62.2 Å². The third-order valence-electron chi connectivity index (χ3n) is 0.580. The predicted molar refractivity (Wildman–Crippen MR) is 34.6 cm³/mol. The number of aliphatic carboxylic acids is 1. The number of hydrogen-bond donors (Lipinski definition) is 2. The molecule has 5 heteroatoms. The van der Waals surface area contributed by atoms with E-state index >= 15 is 0 Å². The molecule has 0 aromatic carbocycles. The normalized spacial score (nSPS) is 9.45. The molecule has 60 valence electrons. The van der Waals surface area contributed by atoms with Crippen molar-refractivity contribution in [3.8, 4) is 0 Å². The Morgan fingerprint density at radius 3 is 2.18 bits per heavy atom. The average Bonchev–Trinajstić information content (AvgIpc) is 1.82. The van der Waals surface area contributed by atoms with Gasteiger partial charge in [-0.1, -0.05) is 0 Å². The molecule has 0 aliphatic rings. The van der Waals surface area contributed by atoms with E-state index in [9.17, 15) is 9.59 Å². The minimum absolute atomic E-state index is 0.589. The van der Waals surface area contributed by atoms with Gasteiger partial charge >= 0.3 is 11.9 Å². The summed E-state index contributed by atoms with van der Waals surface area (Å²) in [5, 5.41) is 16.3. The van der Waals surface area contributed by atoms with Gasteiger partial charge in [0.25, 0.3) is 5.95 Å². The number of carbonyl (C=O) groups is 2. The Morgan fingerprint density at radius 1 is 1.27 bits per heavy atom. The lowest BCUT2D eigenvalue weighted by Gasteiger charge is -1.93. The fourth-order valence-electron chi connectivity index (χ4n) is 0.289. The van der Waals surface area contributed by atoms with Gasteiger partial charge in [-0.2, -0.15) is 0 Å². The zero-order chi connectivity index (χ0) is 8.85. The number of ether oxygens (including phenoxy) is 1. The van der Waals surface area contributed by atoms with Crippen molar-refractivity contribution in [1.82, 2.24) is 0 Å². The third kappa shape index (κ3) is 6.10. The van der Waals surface area contributed by atoms with Crippen LogP contribution in [0.1, 0.15) is 0 Å². The molecular formula is C6H6O5. The summed E-state index contributed by atoms with van der Waals surface area (Å²) < 4.78 is 3.97. The predicted octanol–water partition coefficient (Wildman–Crippen LogP) is 0.200. The molecule has 0 atom stereocenters. The second-order valence-electron chi connectivity index (χ2n) is 1.49. The largest absolute Gasteiger partial charge is 0.481 e. The van der Waals surface area contributed by atoms with Crippen LogP contribution in [-0.2, 0) is 14.3 Å². The summed E-state index contributed by atoms with van der Waals surface area (Å²) in [5.74, 6) is -3.03. The van der Waals surface area contributed by atoms with Crippen LogP contribution >= 0.6 is 0 Å². The standard InChI is InChI=1S/C6H6O5/c1-4(7)11-6(10)3-2-5(8)9/h2-3,7H,1H2,(H,8,9)/b3-2-. The first-order valence-corrected chi connectivity index (χ1v) is 2.53. The van der Waals surface area contributed by atoms with Crippen LogP contribution in [0.2, 0.25) is 0 Å². The van der Waals surface area contributed by atoms with Gasteiger partial charge in [0, 0.05) is 12.2 Å². The quantitative estimate of drug-likeness (QED) is 0.348. The Bertz CT molecular complexity index is 215. The molecule has 0 amide bonds. The van der Waals surface area contributed by atoms with Gasteiger partial charge in [-0.25, -0.2) is 9.59 Å². The summed E-state index contributed by atoms with van der Waals surface area (Å²) in [6.07, 6.45) is 1.25. The van der Waals surface area contributed by atoms with Crippen molar-refractivity contribution in [2.75, 3.05) is 0 Å². The maximum Gasteiger partial charge on any atom is 0.338 e.